The summed E-state index contributed by atoms with van der Waals surface area (Å²) in [5, 5.41) is 3.95. The number of carbonyl (C=O) groups is 1. The normalized spacial score (nSPS) is 22.6. The molecule has 0 radical (unpaired) electrons. The highest BCUT2D eigenvalue weighted by molar-refractivity contribution is 6.30. The van der Waals surface area contributed by atoms with Crippen molar-refractivity contribution in [1.82, 2.24) is 10.2 Å². The number of ether oxygens (including phenoxy) is 1. The van der Waals surface area contributed by atoms with E-state index in [1.54, 1.807) is 7.11 Å². The lowest BCUT2D eigenvalue weighted by molar-refractivity contribution is -0.122. The number of hydrogen-bond acceptors (Lipinski definition) is 3. The van der Waals surface area contributed by atoms with E-state index in [4.69, 9.17) is 16.3 Å². The summed E-state index contributed by atoms with van der Waals surface area (Å²) in [6.45, 7) is 2.78. The Morgan fingerprint density at radius 3 is 2.75 bits per heavy atom. The van der Waals surface area contributed by atoms with Crippen LogP contribution in [0.3, 0.4) is 0 Å². The van der Waals surface area contributed by atoms with E-state index in [2.05, 4.69) is 28.4 Å². The second-order valence-corrected chi connectivity index (χ2v) is 8.22. The van der Waals surface area contributed by atoms with E-state index in [1.165, 1.54) is 18.4 Å². The minimum absolute atomic E-state index is 0.0583. The van der Waals surface area contributed by atoms with Crippen molar-refractivity contribution in [2.75, 3.05) is 26.7 Å². The van der Waals surface area contributed by atoms with Crippen LogP contribution in [-0.4, -0.2) is 37.6 Å². The Hall–Kier alpha value is -2.04. The maximum atomic E-state index is 12.8. The molecule has 1 amide bonds. The van der Waals surface area contributed by atoms with Crippen LogP contribution in [0.4, 0.5) is 0 Å². The zero-order valence-electron chi connectivity index (χ0n) is 16.2. The van der Waals surface area contributed by atoms with Gasteiger partial charge in [-0.05, 0) is 73.7 Å². The molecule has 4 nitrogen and oxygen atoms in total. The number of rotatable bonds is 7. The molecule has 3 atom stereocenters. The summed E-state index contributed by atoms with van der Waals surface area (Å²) in [5.41, 5.74) is 2.36. The molecule has 0 aromatic heterocycles. The standard InChI is InChI=1S/C23H27ClN2O2/c1-28-19-9-5-7-17(13-19)22(26-10-2-3-11-26)15-25-23(27)21-14-20(21)16-6-4-8-18(24)12-16/h4-9,12-13,20-22H,2-3,10-11,14-15H2,1H3,(H,25,27). The molecule has 28 heavy (non-hydrogen) atoms. The van der Waals surface area contributed by atoms with Crippen molar-refractivity contribution < 1.29 is 9.53 Å². The molecular formula is C23H27ClN2O2. The van der Waals surface area contributed by atoms with E-state index < -0.39 is 0 Å². The summed E-state index contributed by atoms with van der Waals surface area (Å²) >= 11 is 6.10. The molecule has 2 aromatic rings. The van der Waals surface area contributed by atoms with Gasteiger partial charge in [-0.25, -0.2) is 0 Å². The van der Waals surface area contributed by atoms with Gasteiger partial charge in [0.15, 0.2) is 0 Å². The highest BCUT2D eigenvalue weighted by Crippen LogP contribution is 2.48. The first-order chi connectivity index (χ1) is 13.7. The molecule has 148 valence electrons. The van der Waals surface area contributed by atoms with Gasteiger partial charge in [0, 0.05) is 17.5 Å². The van der Waals surface area contributed by atoms with E-state index in [9.17, 15) is 4.79 Å². The van der Waals surface area contributed by atoms with Crippen LogP contribution in [0.15, 0.2) is 48.5 Å². The maximum absolute atomic E-state index is 12.8. The summed E-state index contributed by atoms with van der Waals surface area (Å²) in [6.07, 6.45) is 3.33. The Kier molecular flexibility index (Phi) is 5.88. The Balaban J connectivity index is 1.41. The van der Waals surface area contributed by atoms with Crippen molar-refractivity contribution in [3.05, 3.63) is 64.7 Å². The molecule has 2 fully saturated rings. The van der Waals surface area contributed by atoms with Crippen molar-refractivity contribution in [2.24, 2.45) is 5.92 Å². The molecule has 2 aromatic carbocycles. The van der Waals surface area contributed by atoms with Crippen LogP contribution in [0.25, 0.3) is 0 Å². The van der Waals surface area contributed by atoms with Crippen LogP contribution < -0.4 is 10.1 Å². The number of amides is 1. The molecule has 0 spiro atoms. The van der Waals surface area contributed by atoms with Crippen molar-refractivity contribution in [1.29, 1.82) is 0 Å². The van der Waals surface area contributed by atoms with Gasteiger partial charge in [0.2, 0.25) is 5.91 Å². The van der Waals surface area contributed by atoms with Gasteiger partial charge in [-0.1, -0.05) is 35.9 Å². The van der Waals surface area contributed by atoms with E-state index in [0.717, 1.165) is 35.8 Å². The van der Waals surface area contributed by atoms with Crippen LogP contribution >= 0.6 is 11.6 Å². The van der Waals surface area contributed by atoms with Gasteiger partial charge in [0.1, 0.15) is 5.75 Å². The van der Waals surface area contributed by atoms with Gasteiger partial charge in [-0.2, -0.15) is 0 Å². The van der Waals surface area contributed by atoms with Crippen LogP contribution in [-0.2, 0) is 4.79 Å². The quantitative estimate of drug-likeness (QED) is 0.751. The lowest BCUT2D eigenvalue weighted by Gasteiger charge is -2.28. The van der Waals surface area contributed by atoms with E-state index in [-0.39, 0.29) is 17.9 Å². The average molecular weight is 399 g/mol. The monoisotopic (exact) mass is 398 g/mol. The molecule has 1 saturated carbocycles. The lowest BCUT2D eigenvalue weighted by atomic mass is 10.0. The van der Waals surface area contributed by atoms with Gasteiger partial charge < -0.3 is 10.1 Å². The molecule has 1 aliphatic carbocycles. The fourth-order valence-corrected chi connectivity index (χ4v) is 4.48. The summed E-state index contributed by atoms with van der Waals surface area (Å²) in [4.78, 5) is 15.2. The fraction of sp³-hybridized carbons (Fsp3) is 0.435. The number of benzene rings is 2. The third kappa shape index (κ3) is 4.34. The first-order valence-corrected chi connectivity index (χ1v) is 10.4. The number of nitrogens with zero attached hydrogens (tertiary/aromatic N) is 1. The predicted octanol–water partition coefficient (Wildman–Crippen LogP) is 4.41. The molecule has 1 N–H and O–H groups in total. The molecule has 2 aliphatic rings. The minimum Gasteiger partial charge on any atom is -0.497 e. The molecule has 1 aliphatic heterocycles. The van der Waals surface area contributed by atoms with Crippen LogP contribution in [0.5, 0.6) is 5.75 Å². The van der Waals surface area contributed by atoms with Gasteiger partial charge in [-0.3, -0.25) is 9.69 Å². The second kappa shape index (κ2) is 8.54. The van der Waals surface area contributed by atoms with E-state index in [1.807, 2.05) is 30.3 Å². The zero-order chi connectivity index (χ0) is 19.5. The topological polar surface area (TPSA) is 41.6 Å². The van der Waals surface area contributed by atoms with Crippen LogP contribution in [0.2, 0.25) is 5.02 Å². The molecule has 3 unspecified atom stereocenters. The first kappa shape index (κ1) is 19.3. The zero-order valence-corrected chi connectivity index (χ0v) is 17.0. The Labute approximate surface area is 171 Å². The minimum atomic E-state index is 0.0583. The molecule has 0 bridgehead atoms. The summed E-state index contributed by atoms with van der Waals surface area (Å²) in [5.74, 6) is 1.36. The molecular weight excluding hydrogens is 372 g/mol. The van der Waals surface area contributed by atoms with Crippen molar-refractivity contribution in [3.8, 4) is 5.75 Å². The number of likely N-dealkylation sites (tertiary alicyclic amines) is 1. The lowest BCUT2D eigenvalue weighted by Crippen LogP contribution is -2.37. The maximum Gasteiger partial charge on any atom is 0.223 e. The third-order valence-corrected chi connectivity index (χ3v) is 6.17. The van der Waals surface area contributed by atoms with Crippen molar-refractivity contribution >= 4 is 17.5 Å². The summed E-state index contributed by atoms with van der Waals surface area (Å²) in [7, 11) is 1.69. The number of hydrogen-bond donors (Lipinski definition) is 1. The third-order valence-electron chi connectivity index (χ3n) is 5.93. The SMILES string of the molecule is COc1cccc(C(CNC(=O)C2CC2c2cccc(Cl)c2)N2CCCC2)c1. The summed E-state index contributed by atoms with van der Waals surface area (Å²) < 4.78 is 5.40. The highest BCUT2D eigenvalue weighted by atomic mass is 35.5. The molecule has 1 saturated heterocycles. The Bertz CT molecular complexity index is 835. The number of halogens is 1. The number of nitrogens with one attached hydrogen (secondary N) is 1. The smallest absolute Gasteiger partial charge is 0.223 e. The van der Waals surface area contributed by atoms with Gasteiger partial charge in [0.05, 0.1) is 13.2 Å². The Morgan fingerprint density at radius 2 is 2.00 bits per heavy atom. The van der Waals surface area contributed by atoms with Gasteiger partial charge in [0.25, 0.3) is 0 Å². The van der Waals surface area contributed by atoms with Crippen molar-refractivity contribution in [3.63, 3.8) is 0 Å². The van der Waals surface area contributed by atoms with Crippen LogP contribution in [0.1, 0.15) is 42.3 Å². The number of carbonyl (C=O) groups excluding carboxylic acids is 1. The molecule has 1 heterocycles. The van der Waals surface area contributed by atoms with Gasteiger partial charge in [-0.15, -0.1) is 0 Å². The second-order valence-electron chi connectivity index (χ2n) is 7.78. The van der Waals surface area contributed by atoms with Crippen molar-refractivity contribution in [2.45, 2.75) is 31.2 Å². The average Bonchev–Trinajstić information content (AvgIpc) is 3.35. The fourth-order valence-electron chi connectivity index (χ4n) is 4.28. The van der Waals surface area contributed by atoms with Crippen LogP contribution in [0, 0.1) is 5.92 Å². The van der Waals surface area contributed by atoms with E-state index >= 15 is 0 Å². The predicted molar refractivity (Wildman–Crippen MR) is 112 cm³/mol. The summed E-state index contributed by atoms with van der Waals surface area (Å²) in [6, 6.07) is 16.2. The largest absolute Gasteiger partial charge is 0.497 e. The highest BCUT2D eigenvalue weighted by Gasteiger charge is 2.44. The first-order valence-electron chi connectivity index (χ1n) is 10.1. The molecule has 4 rings (SSSR count). The van der Waals surface area contributed by atoms with E-state index in [0.29, 0.717) is 12.5 Å². The molecule has 5 heteroatoms. The van der Waals surface area contributed by atoms with Gasteiger partial charge >= 0.3 is 0 Å². The number of methoxy groups -OCH3 is 1. The Morgan fingerprint density at radius 1 is 1.21 bits per heavy atom.